The Morgan fingerprint density at radius 2 is 2.17 bits per heavy atom. The summed E-state index contributed by atoms with van der Waals surface area (Å²) in [6.07, 6.45) is 3.99. The summed E-state index contributed by atoms with van der Waals surface area (Å²) in [6, 6.07) is 0. The van der Waals surface area contributed by atoms with Crippen LogP contribution in [-0.2, 0) is 16.6 Å². The van der Waals surface area contributed by atoms with E-state index >= 15 is 0 Å². The van der Waals surface area contributed by atoms with E-state index in [1.165, 1.54) is 4.31 Å². The monoisotopic (exact) mass is 294 g/mol. The number of hydrogen-bond acceptors (Lipinski definition) is 4. The van der Waals surface area contributed by atoms with Crippen LogP contribution in [0.25, 0.3) is 0 Å². The second-order valence-corrected chi connectivity index (χ2v) is 5.93. The Labute approximate surface area is 114 Å². The average Bonchev–Trinajstić information content (AvgIpc) is 2.64. The van der Waals surface area contributed by atoms with E-state index in [1.54, 1.807) is 17.1 Å². The molecule has 18 heavy (non-hydrogen) atoms. The van der Waals surface area contributed by atoms with Crippen molar-refractivity contribution in [3.8, 4) is 0 Å². The van der Waals surface area contributed by atoms with Crippen LogP contribution in [0, 0.1) is 0 Å². The maximum atomic E-state index is 12.3. The highest BCUT2D eigenvalue weighted by Gasteiger charge is 2.26. The van der Waals surface area contributed by atoms with Gasteiger partial charge in [0, 0.05) is 32.4 Å². The summed E-state index contributed by atoms with van der Waals surface area (Å²) in [5, 5.41) is 3.34. The van der Waals surface area contributed by atoms with E-state index in [4.69, 9.17) is 0 Å². The van der Waals surface area contributed by atoms with Crippen LogP contribution in [0.2, 0.25) is 0 Å². The molecule has 8 heteroatoms. The Balaban J connectivity index is 0.00000162. The number of aromatic nitrogens is 2. The number of sulfonamides is 1. The van der Waals surface area contributed by atoms with Crippen molar-refractivity contribution in [2.45, 2.75) is 24.9 Å². The zero-order valence-electron chi connectivity index (χ0n) is 10.4. The first-order valence-electron chi connectivity index (χ1n) is 5.87. The van der Waals surface area contributed by atoms with Crippen LogP contribution in [0.15, 0.2) is 17.6 Å². The molecule has 0 aliphatic carbocycles. The van der Waals surface area contributed by atoms with Crippen molar-refractivity contribution in [2.24, 2.45) is 0 Å². The molecule has 0 saturated carbocycles. The minimum absolute atomic E-state index is 0. The Bertz CT molecular complexity index is 466. The van der Waals surface area contributed by atoms with E-state index in [0.29, 0.717) is 19.6 Å². The fourth-order valence-electron chi connectivity index (χ4n) is 1.84. The maximum Gasteiger partial charge on any atom is 0.262 e. The van der Waals surface area contributed by atoms with Gasteiger partial charge in [0.25, 0.3) is 10.0 Å². The Morgan fingerprint density at radius 3 is 2.83 bits per heavy atom. The Hall–Kier alpha value is -0.630. The normalized spacial score (nSPS) is 18.1. The first kappa shape index (κ1) is 15.4. The number of rotatable bonds is 3. The van der Waals surface area contributed by atoms with Crippen LogP contribution in [0.5, 0.6) is 0 Å². The molecule has 0 unspecified atom stereocenters. The lowest BCUT2D eigenvalue weighted by Gasteiger charge is -2.17. The average molecular weight is 295 g/mol. The molecule has 0 bridgehead atoms. The minimum Gasteiger partial charge on any atom is -0.336 e. The van der Waals surface area contributed by atoms with Gasteiger partial charge < -0.3 is 9.88 Å². The summed E-state index contributed by atoms with van der Waals surface area (Å²) in [5.74, 6) is 0. The van der Waals surface area contributed by atoms with Gasteiger partial charge in [-0.25, -0.2) is 13.4 Å². The molecule has 1 aliphatic heterocycles. The van der Waals surface area contributed by atoms with E-state index in [1.807, 2.05) is 6.92 Å². The molecule has 6 nitrogen and oxygen atoms in total. The molecule has 1 saturated heterocycles. The predicted molar refractivity (Wildman–Crippen MR) is 71.4 cm³/mol. The highest BCUT2D eigenvalue weighted by Crippen LogP contribution is 2.14. The minimum atomic E-state index is -3.41. The molecule has 0 amide bonds. The Kier molecular flexibility index (Phi) is 5.58. The molecule has 0 atom stereocenters. The van der Waals surface area contributed by atoms with Crippen LogP contribution in [0.4, 0.5) is 0 Å². The van der Waals surface area contributed by atoms with E-state index < -0.39 is 10.0 Å². The number of hydrogen-bond donors (Lipinski definition) is 1. The molecule has 0 spiro atoms. The van der Waals surface area contributed by atoms with Gasteiger partial charge >= 0.3 is 0 Å². The topological polar surface area (TPSA) is 67.2 Å². The van der Waals surface area contributed by atoms with Gasteiger partial charge in [0.2, 0.25) is 0 Å². The predicted octanol–water partition coefficient (Wildman–Crippen LogP) is 0.309. The van der Waals surface area contributed by atoms with Crippen LogP contribution in [0.1, 0.15) is 13.3 Å². The fourth-order valence-corrected chi connectivity index (χ4v) is 3.25. The lowest BCUT2D eigenvalue weighted by molar-refractivity contribution is 0.430. The van der Waals surface area contributed by atoms with Gasteiger partial charge in [0.15, 0.2) is 5.03 Å². The quantitative estimate of drug-likeness (QED) is 0.871. The number of imidazole rings is 1. The number of halogens is 1. The van der Waals surface area contributed by atoms with Crippen LogP contribution < -0.4 is 5.32 Å². The second-order valence-electron chi connectivity index (χ2n) is 4.05. The van der Waals surface area contributed by atoms with Crippen molar-refractivity contribution >= 4 is 22.4 Å². The van der Waals surface area contributed by atoms with Gasteiger partial charge in [-0.15, -0.1) is 12.4 Å². The molecule has 0 aromatic carbocycles. The summed E-state index contributed by atoms with van der Waals surface area (Å²) in [7, 11) is -3.41. The van der Waals surface area contributed by atoms with Gasteiger partial charge in [-0.05, 0) is 19.9 Å². The van der Waals surface area contributed by atoms with E-state index in [2.05, 4.69) is 10.3 Å². The molecule has 104 valence electrons. The maximum absolute atomic E-state index is 12.3. The largest absolute Gasteiger partial charge is 0.336 e. The first-order valence-corrected chi connectivity index (χ1v) is 7.31. The lowest BCUT2D eigenvalue weighted by atomic mass is 10.4. The van der Waals surface area contributed by atoms with Gasteiger partial charge in [-0.2, -0.15) is 4.31 Å². The molecule has 1 aromatic heterocycles. The molecule has 1 aromatic rings. The zero-order valence-corrected chi connectivity index (χ0v) is 12.0. The third kappa shape index (κ3) is 3.23. The molecule has 1 aliphatic rings. The van der Waals surface area contributed by atoms with Gasteiger partial charge in [-0.3, -0.25) is 0 Å². The molecule has 1 N–H and O–H groups in total. The summed E-state index contributed by atoms with van der Waals surface area (Å²) in [4.78, 5) is 3.98. The van der Waals surface area contributed by atoms with Crippen molar-refractivity contribution in [1.29, 1.82) is 0 Å². The third-order valence-corrected chi connectivity index (χ3v) is 4.66. The standard InChI is InChI=1S/C10H18N4O2S.ClH/c1-2-13-8-10(12-9-13)17(15,16)14-6-3-4-11-5-7-14;/h8-9,11H,2-7H2,1H3;1H. The van der Waals surface area contributed by atoms with Gasteiger partial charge in [0.1, 0.15) is 0 Å². The first-order chi connectivity index (χ1) is 8.14. The van der Waals surface area contributed by atoms with Crippen molar-refractivity contribution < 1.29 is 8.42 Å². The molecular weight excluding hydrogens is 276 g/mol. The summed E-state index contributed by atoms with van der Waals surface area (Å²) >= 11 is 0. The summed E-state index contributed by atoms with van der Waals surface area (Å²) < 4.78 is 27.9. The molecule has 1 fully saturated rings. The zero-order chi connectivity index (χ0) is 12.3. The van der Waals surface area contributed by atoms with E-state index in [-0.39, 0.29) is 17.4 Å². The van der Waals surface area contributed by atoms with E-state index in [9.17, 15) is 8.42 Å². The molecule has 2 rings (SSSR count). The molecule has 2 heterocycles. The van der Waals surface area contributed by atoms with Crippen molar-refractivity contribution in [3.05, 3.63) is 12.5 Å². The van der Waals surface area contributed by atoms with E-state index in [0.717, 1.165) is 19.5 Å². The lowest BCUT2D eigenvalue weighted by Crippen LogP contribution is -2.34. The van der Waals surface area contributed by atoms with Crippen molar-refractivity contribution in [2.75, 3.05) is 26.2 Å². The van der Waals surface area contributed by atoms with Crippen molar-refractivity contribution in [3.63, 3.8) is 0 Å². The fraction of sp³-hybridized carbons (Fsp3) is 0.700. The van der Waals surface area contributed by atoms with Crippen molar-refractivity contribution in [1.82, 2.24) is 19.2 Å². The number of nitrogens with one attached hydrogen (secondary N) is 1. The smallest absolute Gasteiger partial charge is 0.262 e. The van der Waals surface area contributed by atoms with Gasteiger partial charge in [0.05, 0.1) is 6.33 Å². The highest BCUT2D eigenvalue weighted by molar-refractivity contribution is 7.89. The molecule has 0 radical (unpaired) electrons. The SMILES string of the molecule is CCn1cnc(S(=O)(=O)N2CCCNCC2)c1.Cl. The van der Waals surface area contributed by atoms with Crippen LogP contribution in [-0.4, -0.2) is 48.5 Å². The van der Waals surface area contributed by atoms with Crippen LogP contribution in [0.3, 0.4) is 0 Å². The van der Waals surface area contributed by atoms with Crippen LogP contribution >= 0.6 is 12.4 Å². The third-order valence-electron chi connectivity index (χ3n) is 2.88. The van der Waals surface area contributed by atoms with Gasteiger partial charge in [-0.1, -0.05) is 0 Å². The summed E-state index contributed by atoms with van der Waals surface area (Å²) in [6.45, 7) is 5.33. The molecular formula is C10H19ClN4O2S. The Morgan fingerprint density at radius 1 is 1.39 bits per heavy atom. The number of nitrogens with zero attached hydrogens (tertiary/aromatic N) is 3. The summed E-state index contributed by atoms with van der Waals surface area (Å²) in [5.41, 5.74) is 0. The number of aryl methyl sites for hydroxylation is 1. The second kappa shape index (κ2) is 6.51. The highest BCUT2D eigenvalue weighted by atomic mass is 35.5.